The number of carbonyl (C=O) groups excluding carboxylic acids is 1. The quantitative estimate of drug-likeness (QED) is 0.512. The summed E-state index contributed by atoms with van der Waals surface area (Å²) in [6.45, 7) is 2.04. The molecule has 0 fully saturated rings. The van der Waals surface area contributed by atoms with Crippen molar-refractivity contribution in [3.8, 4) is 5.82 Å². The zero-order valence-electron chi connectivity index (χ0n) is 16.1. The molecule has 0 bridgehead atoms. The molecule has 0 atom stereocenters. The Bertz CT molecular complexity index is 1340. The Morgan fingerprint density at radius 3 is 2.53 bits per heavy atom. The third-order valence-corrected chi connectivity index (χ3v) is 5.69. The highest BCUT2D eigenvalue weighted by molar-refractivity contribution is 7.89. The first-order chi connectivity index (χ1) is 14.3. The summed E-state index contributed by atoms with van der Waals surface area (Å²) in [4.78, 5) is 17.3. The van der Waals surface area contributed by atoms with E-state index in [1.807, 2.05) is 36.4 Å². The molecule has 3 N–H and O–H groups in total. The SMILES string of the molecule is Cc1c(C(=O)NCc2ccc(S(N)(=O)=O)cc2)cnn1-c1ccc2ccccc2n1. The second-order valence-corrected chi connectivity index (χ2v) is 8.35. The molecule has 0 radical (unpaired) electrons. The van der Waals surface area contributed by atoms with Crippen LogP contribution in [0.4, 0.5) is 0 Å². The lowest BCUT2D eigenvalue weighted by Gasteiger charge is -2.07. The second-order valence-electron chi connectivity index (χ2n) is 6.79. The summed E-state index contributed by atoms with van der Waals surface area (Å²) in [5, 5.41) is 13.3. The van der Waals surface area contributed by atoms with E-state index in [0.717, 1.165) is 16.5 Å². The van der Waals surface area contributed by atoms with Gasteiger partial charge in [-0.15, -0.1) is 0 Å². The maximum Gasteiger partial charge on any atom is 0.255 e. The minimum absolute atomic E-state index is 0.0255. The summed E-state index contributed by atoms with van der Waals surface area (Å²) in [5.41, 5.74) is 2.70. The molecule has 8 nitrogen and oxygen atoms in total. The molecule has 2 heterocycles. The van der Waals surface area contributed by atoms with Gasteiger partial charge >= 0.3 is 0 Å². The zero-order valence-corrected chi connectivity index (χ0v) is 16.9. The van der Waals surface area contributed by atoms with Crippen LogP contribution in [0, 0.1) is 6.92 Å². The van der Waals surface area contributed by atoms with Crippen molar-refractivity contribution in [2.24, 2.45) is 5.14 Å². The van der Waals surface area contributed by atoms with Gasteiger partial charge in [0.05, 0.1) is 27.9 Å². The van der Waals surface area contributed by atoms with Gasteiger partial charge in [0, 0.05) is 11.9 Å². The van der Waals surface area contributed by atoms with E-state index in [1.54, 1.807) is 23.7 Å². The van der Waals surface area contributed by atoms with Crippen molar-refractivity contribution in [2.45, 2.75) is 18.4 Å². The molecule has 0 aliphatic heterocycles. The molecule has 1 amide bonds. The highest BCUT2D eigenvalue weighted by atomic mass is 32.2. The van der Waals surface area contributed by atoms with E-state index in [4.69, 9.17) is 5.14 Å². The van der Waals surface area contributed by atoms with Gasteiger partial charge < -0.3 is 5.32 Å². The lowest BCUT2D eigenvalue weighted by atomic mass is 10.2. The van der Waals surface area contributed by atoms with Gasteiger partial charge in [0.2, 0.25) is 10.0 Å². The molecule has 0 saturated carbocycles. The third-order valence-electron chi connectivity index (χ3n) is 4.76. The molecule has 0 spiro atoms. The molecule has 0 aliphatic rings. The van der Waals surface area contributed by atoms with Crippen molar-refractivity contribution in [1.29, 1.82) is 0 Å². The Kier molecular flexibility index (Phi) is 5.06. The Morgan fingerprint density at radius 1 is 1.07 bits per heavy atom. The van der Waals surface area contributed by atoms with E-state index >= 15 is 0 Å². The Balaban J connectivity index is 1.50. The van der Waals surface area contributed by atoms with Crippen molar-refractivity contribution in [3.63, 3.8) is 0 Å². The molecule has 2 aromatic carbocycles. The number of nitrogens with zero attached hydrogens (tertiary/aromatic N) is 3. The fourth-order valence-corrected chi connectivity index (χ4v) is 3.63. The molecular formula is C21H19N5O3S. The number of nitrogens with two attached hydrogens (primary N) is 1. The van der Waals surface area contributed by atoms with E-state index in [9.17, 15) is 13.2 Å². The zero-order chi connectivity index (χ0) is 21.3. The molecule has 0 saturated heterocycles. The van der Waals surface area contributed by atoms with Gasteiger partial charge in [-0.25, -0.2) is 23.2 Å². The first-order valence-electron chi connectivity index (χ1n) is 9.14. The summed E-state index contributed by atoms with van der Waals surface area (Å²) in [6, 6.07) is 17.6. The fourth-order valence-electron chi connectivity index (χ4n) is 3.11. The molecule has 2 aromatic heterocycles. The van der Waals surface area contributed by atoms with Crippen LogP contribution in [0.2, 0.25) is 0 Å². The number of pyridine rings is 1. The lowest BCUT2D eigenvalue weighted by molar-refractivity contribution is 0.0950. The maximum absolute atomic E-state index is 12.6. The van der Waals surface area contributed by atoms with Crippen molar-refractivity contribution >= 4 is 26.8 Å². The minimum Gasteiger partial charge on any atom is -0.348 e. The number of para-hydroxylation sites is 1. The van der Waals surface area contributed by atoms with Crippen LogP contribution in [0.15, 0.2) is 71.8 Å². The molecule has 30 heavy (non-hydrogen) atoms. The molecule has 0 aliphatic carbocycles. The van der Waals surface area contributed by atoms with Crippen LogP contribution < -0.4 is 10.5 Å². The van der Waals surface area contributed by atoms with Crippen LogP contribution in [0.3, 0.4) is 0 Å². The van der Waals surface area contributed by atoms with Gasteiger partial charge in [0.1, 0.15) is 0 Å². The Labute approximate surface area is 173 Å². The summed E-state index contributed by atoms with van der Waals surface area (Å²) >= 11 is 0. The van der Waals surface area contributed by atoms with Crippen molar-refractivity contribution in [1.82, 2.24) is 20.1 Å². The van der Waals surface area contributed by atoms with E-state index in [1.165, 1.54) is 18.3 Å². The predicted molar refractivity (Wildman–Crippen MR) is 113 cm³/mol. The van der Waals surface area contributed by atoms with Crippen molar-refractivity contribution < 1.29 is 13.2 Å². The van der Waals surface area contributed by atoms with Gasteiger partial charge in [-0.1, -0.05) is 30.3 Å². The monoisotopic (exact) mass is 421 g/mol. The number of nitrogens with one attached hydrogen (secondary N) is 1. The molecule has 4 aromatic rings. The van der Waals surface area contributed by atoms with Gasteiger partial charge in [-0.3, -0.25) is 4.79 Å². The first kappa shape index (κ1) is 19.7. The van der Waals surface area contributed by atoms with Gasteiger partial charge in [-0.2, -0.15) is 5.10 Å². The molecule has 9 heteroatoms. The average Bonchev–Trinajstić information content (AvgIpc) is 3.12. The largest absolute Gasteiger partial charge is 0.348 e. The highest BCUT2D eigenvalue weighted by Gasteiger charge is 2.16. The van der Waals surface area contributed by atoms with Crippen LogP contribution in [-0.2, 0) is 16.6 Å². The van der Waals surface area contributed by atoms with E-state index < -0.39 is 10.0 Å². The minimum atomic E-state index is -3.74. The standard InChI is InChI=1S/C21H19N5O3S/c1-14-18(21(27)23-12-15-6-9-17(10-7-15)30(22,28)29)13-24-26(14)20-11-8-16-4-2-3-5-19(16)25-20/h2-11,13H,12H2,1H3,(H,23,27)(H2,22,28,29). The Hall–Kier alpha value is -3.56. The number of fused-ring (bicyclic) bond motifs is 1. The summed E-state index contributed by atoms with van der Waals surface area (Å²) in [7, 11) is -3.74. The van der Waals surface area contributed by atoms with Crippen LogP contribution in [-0.4, -0.2) is 29.1 Å². The number of aromatic nitrogens is 3. The van der Waals surface area contributed by atoms with Crippen LogP contribution in [0.1, 0.15) is 21.6 Å². The number of hydrogen-bond donors (Lipinski definition) is 2. The predicted octanol–water partition coefficient (Wildman–Crippen LogP) is 2.31. The van der Waals surface area contributed by atoms with Crippen molar-refractivity contribution in [3.05, 3.63) is 83.7 Å². The lowest BCUT2D eigenvalue weighted by Crippen LogP contribution is -2.23. The topological polar surface area (TPSA) is 120 Å². The summed E-state index contributed by atoms with van der Waals surface area (Å²) in [6.07, 6.45) is 1.51. The number of rotatable bonds is 5. The van der Waals surface area contributed by atoms with Crippen LogP contribution >= 0.6 is 0 Å². The smallest absolute Gasteiger partial charge is 0.255 e. The van der Waals surface area contributed by atoms with Gasteiger partial charge in [0.15, 0.2) is 5.82 Å². The van der Waals surface area contributed by atoms with Crippen LogP contribution in [0.25, 0.3) is 16.7 Å². The maximum atomic E-state index is 12.6. The Morgan fingerprint density at radius 2 is 1.80 bits per heavy atom. The van der Waals surface area contributed by atoms with Crippen molar-refractivity contribution in [2.75, 3.05) is 0 Å². The number of carbonyl (C=O) groups is 1. The number of hydrogen-bond acceptors (Lipinski definition) is 5. The van der Waals surface area contributed by atoms with E-state index in [0.29, 0.717) is 17.1 Å². The molecular weight excluding hydrogens is 402 g/mol. The molecule has 4 rings (SSSR count). The number of primary sulfonamides is 1. The second kappa shape index (κ2) is 7.69. The number of sulfonamides is 1. The number of benzene rings is 2. The first-order valence-corrected chi connectivity index (χ1v) is 10.7. The van der Waals surface area contributed by atoms with E-state index in [-0.39, 0.29) is 17.3 Å². The highest BCUT2D eigenvalue weighted by Crippen LogP contribution is 2.17. The van der Waals surface area contributed by atoms with Crippen LogP contribution in [0.5, 0.6) is 0 Å². The number of amides is 1. The fraction of sp³-hybridized carbons (Fsp3) is 0.0952. The summed E-state index contributed by atoms with van der Waals surface area (Å²) < 4.78 is 24.3. The summed E-state index contributed by atoms with van der Waals surface area (Å²) in [5.74, 6) is 0.346. The van der Waals surface area contributed by atoms with Gasteiger partial charge in [-0.05, 0) is 42.8 Å². The molecule has 152 valence electrons. The average molecular weight is 421 g/mol. The van der Waals surface area contributed by atoms with E-state index in [2.05, 4.69) is 15.4 Å². The third kappa shape index (κ3) is 3.93. The van der Waals surface area contributed by atoms with Gasteiger partial charge in [0.25, 0.3) is 5.91 Å². The normalized spacial score (nSPS) is 11.5. The molecule has 0 unspecified atom stereocenters.